The summed E-state index contributed by atoms with van der Waals surface area (Å²) in [5.41, 5.74) is 3.11. The molecule has 0 saturated heterocycles. The van der Waals surface area contributed by atoms with Gasteiger partial charge in [0.25, 0.3) is 0 Å². The second kappa shape index (κ2) is 4.64. The van der Waals surface area contributed by atoms with Crippen molar-refractivity contribution in [1.29, 1.82) is 5.26 Å². The molecule has 2 N–H and O–H groups in total. The van der Waals surface area contributed by atoms with E-state index in [2.05, 4.69) is 65.3 Å². The molecule has 0 saturated carbocycles. The molecule has 22 heavy (non-hydrogen) atoms. The van der Waals surface area contributed by atoms with Crippen molar-refractivity contribution in [3.05, 3.63) is 60.2 Å². The third-order valence-corrected chi connectivity index (χ3v) is 4.50. The molecule has 0 spiro atoms. The third-order valence-electron chi connectivity index (χ3n) is 4.50. The fraction of sp³-hybridized carbons (Fsp3) is 0.211. The van der Waals surface area contributed by atoms with Crippen molar-refractivity contribution in [1.82, 2.24) is 0 Å². The second-order valence-electron chi connectivity index (χ2n) is 6.20. The summed E-state index contributed by atoms with van der Waals surface area (Å²) in [7, 11) is 0. The lowest BCUT2D eigenvalue weighted by atomic mass is 9.83. The van der Waals surface area contributed by atoms with Crippen LogP contribution in [0.2, 0.25) is 0 Å². The maximum absolute atomic E-state index is 9.22. The molecule has 0 bridgehead atoms. The number of nitrogens with zero attached hydrogens (tertiary/aromatic N) is 1. The molecule has 108 valence electrons. The minimum Gasteiger partial charge on any atom is -0.361 e. The molecule has 3 heteroatoms. The van der Waals surface area contributed by atoms with Gasteiger partial charge >= 0.3 is 0 Å². The van der Waals surface area contributed by atoms with Crippen LogP contribution in [0.15, 0.2) is 60.2 Å². The fourth-order valence-corrected chi connectivity index (χ4v) is 3.14. The zero-order valence-corrected chi connectivity index (χ0v) is 12.4. The van der Waals surface area contributed by atoms with Gasteiger partial charge < -0.3 is 10.6 Å². The average molecular weight is 287 g/mol. The summed E-state index contributed by atoms with van der Waals surface area (Å²) in [6, 6.07) is 15.0. The van der Waals surface area contributed by atoms with Crippen molar-refractivity contribution >= 4 is 22.1 Å². The van der Waals surface area contributed by atoms with E-state index in [9.17, 15) is 5.26 Å². The lowest BCUT2D eigenvalue weighted by Gasteiger charge is -2.32. The molecular formula is C19H17N3. The van der Waals surface area contributed by atoms with Crippen molar-refractivity contribution in [2.75, 3.05) is 10.6 Å². The number of benzene rings is 2. The number of rotatable bonds is 1. The predicted molar refractivity (Wildman–Crippen MR) is 90.5 cm³/mol. The molecule has 1 heterocycles. The average Bonchev–Trinajstić information content (AvgIpc) is 2.56. The highest BCUT2D eigenvalue weighted by Crippen LogP contribution is 2.37. The fourth-order valence-electron chi connectivity index (χ4n) is 3.14. The van der Waals surface area contributed by atoms with Gasteiger partial charge in [-0.25, -0.2) is 0 Å². The Morgan fingerprint density at radius 3 is 2.36 bits per heavy atom. The zero-order valence-electron chi connectivity index (χ0n) is 12.4. The molecule has 2 aromatic carbocycles. The number of allylic oxidation sites excluding steroid dienone is 2. The van der Waals surface area contributed by atoms with E-state index in [1.807, 2.05) is 13.0 Å². The van der Waals surface area contributed by atoms with Crippen LogP contribution in [0.1, 0.15) is 13.3 Å². The van der Waals surface area contributed by atoms with Gasteiger partial charge in [-0.05, 0) is 36.4 Å². The van der Waals surface area contributed by atoms with Crippen LogP contribution in [0.3, 0.4) is 0 Å². The molecule has 1 aliphatic carbocycles. The molecule has 0 radical (unpaired) electrons. The Morgan fingerprint density at radius 2 is 1.82 bits per heavy atom. The summed E-state index contributed by atoms with van der Waals surface area (Å²) < 4.78 is 0. The largest absolute Gasteiger partial charge is 0.361 e. The summed E-state index contributed by atoms with van der Waals surface area (Å²) in [4.78, 5) is 0. The second-order valence-corrected chi connectivity index (χ2v) is 6.20. The Labute approximate surface area is 129 Å². The summed E-state index contributed by atoms with van der Waals surface area (Å²) in [5, 5.41) is 18.8. The van der Waals surface area contributed by atoms with Crippen LogP contribution in [-0.2, 0) is 0 Å². The number of nitrogens with one attached hydrogen (secondary N) is 2. The molecule has 1 unspecified atom stereocenters. The van der Waals surface area contributed by atoms with Gasteiger partial charge in [0.1, 0.15) is 6.17 Å². The van der Waals surface area contributed by atoms with Gasteiger partial charge in [0, 0.05) is 16.8 Å². The van der Waals surface area contributed by atoms with Gasteiger partial charge in [0.2, 0.25) is 0 Å². The molecule has 0 aromatic heterocycles. The Morgan fingerprint density at radius 1 is 1.14 bits per heavy atom. The first-order valence-electron chi connectivity index (χ1n) is 7.54. The molecule has 3 nitrogen and oxygen atoms in total. The van der Waals surface area contributed by atoms with E-state index in [1.165, 1.54) is 16.3 Å². The topological polar surface area (TPSA) is 47.9 Å². The monoisotopic (exact) mass is 287 g/mol. The van der Waals surface area contributed by atoms with E-state index in [4.69, 9.17) is 0 Å². The highest BCUT2D eigenvalue weighted by Gasteiger charge is 2.26. The number of hydrogen-bond acceptors (Lipinski definition) is 3. The lowest BCUT2D eigenvalue weighted by molar-refractivity contribution is 0.567. The highest BCUT2D eigenvalue weighted by molar-refractivity contribution is 6.05. The summed E-state index contributed by atoms with van der Waals surface area (Å²) >= 11 is 0. The van der Waals surface area contributed by atoms with Gasteiger partial charge in [0.15, 0.2) is 0 Å². The van der Waals surface area contributed by atoms with E-state index >= 15 is 0 Å². The van der Waals surface area contributed by atoms with Crippen LogP contribution in [0.25, 0.3) is 10.8 Å². The number of hydrogen-bond donors (Lipinski definition) is 2. The number of anilines is 2. The zero-order chi connectivity index (χ0) is 15.2. The molecule has 2 aliphatic rings. The first kappa shape index (κ1) is 13.0. The Bertz CT molecular complexity index is 816. The van der Waals surface area contributed by atoms with Gasteiger partial charge in [-0.2, -0.15) is 5.26 Å². The van der Waals surface area contributed by atoms with Gasteiger partial charge in [-0.15, -0.1) is 0 Å². The third kappa shape index (κ3) is 1.96. The number of nitriles is 1. The van der Waals surface area contributed by atoms with Gasteiger partial charge in [-0.3, -0.25) is 0 Å². The van der Waals surface area contributed by atoms with E-state index in [0.717, 1.165) is 17.8 Å². The van der Waals surface area contributed by atoms with Crippen LogP contribution in [-0.4, -0.2) is 6.17 Å². The Kier molecular flexibility index (Phi) is 2.74. The quantitative estimate of drug-likeness (QED) is 0.816. The molecule has 1 aliphatic heterocycles. The van der Waals surface area contributed by atoms with Gasteiger partial charge in [0.05, 0.1) is 11.5 Å². The maximum Gasteiger partial charge on any atom is 0.123 e. The molecule has 0 amide bonds. The molecule has 0 fully saturated rings. The van der Waals surface area contributed by atoms with E-state index in [1.54, 1.807) is 0 Å². The van der Waals surface area contributed by atoms with Crippen molar-refractivity contribution < 1.29 is 0 Å². The minimum absolute atomic E-state index is 0.0417. The normalized spacial score (nSPS) is 23.4. The molecule has 2 aromatic rings. The summed E-state index contributed by atoms with van der Waals surface area (Å²) in [6.07, 6.45) is 7.02. The van der Waals surface area contributed by atoms with Crippen LogP contribution in [0, 0.1) is 16.7 Å². The van der Waals surface area contributed by atoms with Crippen molar-refractivity contribution in [3.8, 4) is 6.07 Å². The van der Waals surface area contributed by atoms with Crippen LogP contribution < -0.4 is 10.6 Å². The summed E-state index contributed by atoms with van der Waals surface area (Å²) in [5.74, 6) is 0. The smallest absolute Gasteiger partial charge is 0.123 e. The van der Waals surface area contributed by atoms with Crippen molar-refractivity contribution in [3.63, 3.8) is 0 Å². The van der Waals surface area contributed by atoms with Crippen molar-refractivity contribution in [2.45, 2.75) is 19.5 Å². The predicted octanol–water partition coefficient (Wildman–Crippen LogP) is 4.42. The van der Waals surface area contributed by atoms with E-state index in [0.29, 0.717) is 0 Å². The first-order chi connectivity index (χ1) is 10.7. The maximum atomic E-state index is 9.22. The first-order valence-corrected chi connectivity index (χ1v) is 7.54. The van der Waals surface area contributed by atoms with Crippen LogP contribution in [0.4, 0.5) is 11.4 Å². The molecular weight excluding hydrogens is 270 g/mol. The van der Waals surface area contributed by atoms with Crippen molar-refractivity contribution in [2.24, 2.45) is 5.41 Å². The van der Waals surface area contributed by atoms with E-state index < -0.39 is 0 Å². The van der Waals surface area contributed by atoms with Crippen LogP contribution >= 0.6 is 0 Å². The summed E-state index contributed by atoms with van der Waals surface area (Å²) in [6.45, 7) is 1.97. The van der Waals surface area contributed by atoms with Crippen LogP contribution in [0.5, 0.6) is 0 Å². The lowest BCUT2D eigenvalue weighted by Crippen LogP contribution is -2.34. The molecule has 4 rings (SSSR count). The highest BCUT2D eigenvalue weighted by atomic mass is 15.1. The standard InChI is InChI=1S/C19H17N3/c1-19(12-20)10-8-14(9-11-19)18-21-15-6-2-4-13-5-3-7-16(22-18)17(13)15/h2-10,18,21-22H,11H2,1H3. The minimum atomic E-state index is -0.379. The molecule has 1 atom stereocenters. The van der Waals surface area contributed by atoms with Gasteiger partial charge in [-0.1, -0.05) is 42.5 Å². The Balaban J connectivity index is 1.69. The van der Waals surface area contributed by atoms with E-state index in [-0.39, 0.29) is 11.6 Å². The SMILES string of the molecule is CC1(C#N)C=CC(C2Nc3cccc4cccc(c34)N2)=CC1. The Hall–Kier alpha value is -2.73.